The number of anilines is 1. The SMILES string of the molecule is CC(C)OCCCNc1cc[c]c(C(N)=O)n1. The second-order valence-electron chi connectivity index (χ2n) is 3.89. The lowest BCUT2D eigenvalue weighted by Gasteiger charge is -2.08. The van der Waals surface area contributed by atoms with Crippen LogP contribution in [0.3, 0.4) is 0 Å². The summed E-state index contributed by atoms with van der Waals surface area (Å²) in [4.78, 5) is 14.9. The summed E-state index contributed by atoms with van der Waals surface area (Å²) in [6, 6.07) is 6.05. The van der Waals surface area contributed by atoms with Crippen LogP contribution in [-0.4, -0.2) is 30.1 Å². The molecule has 3 N–H and O–H groups in total. The fourth-order valence-corrected chi connectivity index (χ4v) is 1.22. The third-order valence-corrected chi connectivity index (χ3v) is 2.01. The van der Waals surface area contributed by atoms with Gasteiger partial charge in [0.05, 0.1) is 6.10 Å². The molecule has 0 bridgehead atoms. The van der Waals surface area contributed by atoms with Crippen molar-refractivity contribution < 1.29 is 9.53 Å². The minimum absolute atomic E-state index is 0.147. The second kappa shape index (κ2) is 6.85. The van der Waals surface area contributed by atoms with Crippen LogP contribution >= 0.6 is 0 Å². The van der Waals surface area contributed by atoms with Crippen LogP contribution < -0.4 is 11.1 Å². The predicted molar refractivity (Wildman–Crippen MR) is 65.8 cm³/mol. The first-order valence-electron chi connectivity index (χ1n) is 5.63. The van der Waals surface area contributed by atoms with Gasteiger partial charge in [0.2, 0.25) is 0 Å². The second-order valence-corrected chi connectivity index (χ2v) is 3.89. The van der Waals surface area contributed by atoms with E-state index in [1.807, 2.05) is 13.8 Å². The first kappa shape index (κ1) is 13.4. The molecule has 0 aliphatic heterocycles. The zero-order valence-corrected chi connectivity index (χ0v) is 10.2. The monoisotopic (exact) mass is 236 g/mol. The maximum absolute atomic E-state index is 10.9. The van der Waals surface area contributed by atoms with Crippen molar-refractivity contribution in [2.24, 2.45) is 5.73 Å². The minimum atomic E-state index is -0.572. The van der Waals surface area contributed by atoms with Gasteiger partial charge in [-0.05, 0) is 32.4 Å². The Morgan fingerprint density at radius 1 is 1.65 bits per heavy atom. The lowest BCUT2D eigenvalue weighted by molar-refractivity contribution is 0.0787. The molecule has 1 rings (SSSR count). The summed E-state index contributed by atoms with van der Waals surface area (Å²) in [7, 11) is 0. The van der Waals surface area contributed by atoms with Gasteiger partial charge in [-0.25, -0.2) is 4.98 Å². The molecule has 0 spiro atoms. The molecule has 0 saturated carbocycles. The normalized spacial score (nSPS) is 10.5. The summed E-state index contributed by atoms with van der Waals surface area (Å²) in [5.41, 5.74) is 5.26. The zero-order valence-electron chi connectivity index (χ0n) is 10.2. The van der Waals surface area contributed by atoms with E-state index in [2.05, 4.69) is 16.4 Å². The first-order valence-corrected chi connectivity index (χ1v) is 5.63. The molecule has 0 unspecified atom stereocenters. The maximum Gasteiger partial charge on any atom is 0.268 e. The van der Waals surface area contributed by atoms with Crippen LogP contribution in [0.5, 0.6) is 0 Å². The summed E-state index contributed by atoms with van der Waals surface area (Å²) < 4.78 is 5.40. The molecule has 0 atom stereocenters. The van der Waals surface area contributed by atoms with Gasteiger partial charge in [0.1, 0.15) is 11.5 Å². The zero-order chi connectivity index (χ0) is 12.7. The highest BCUT2D eigenvalue weighted by Gasteiger charge is 2.02. The Labute approximate surface area is 101 Å². The smallest absolute Gasteiger partial charge is 0.268 e. The standard InChI is InChI=1S/C12H18N3O2/c1-9(2)17-8-4-7-14-11-6-3-5-10(15-11)12(13)16/h3,6,9H,4,7-8H2,1-2H3,(H2,13,16)(H,14,15). The molecular weight excluding hydrogens is 218 g/mol. The lowest BCUT2D eigenvalue weighted by atomic mass is 10.3. The summed E-state index contributed by atoms with van der Waals surface area (Å²) in [5, 5.41) is 3.09. The molecule has 0 fully saturated rings. The molecule has 93 valence electrons. The van der Waals surface area contributed by atoms with Crippen LogP contribution in [0.25, 0.3) is 0 Å². The number of carbonyl (C=O) groups is 1. The van der Waals surface area contributed by atoms with E-state index in [1.165, 1.54) is 0 Å². The van der Waals surface area contributed by atoms with E-state index in [4.69, 9.17) is 10.5 Å². The van der Waals surface area contributed by atoms with Crippen LogP contribution in [0.4, 0.5) is 5.82 Å². The quantitative estimate of drug-likeness (QED) is 0.697. The van der Waals surface area contributed by atoms with Crippen molar-refractivity contribution in [2.75, 3.05) is 18.5 Å². The highest BCUT2D eigenvalue weighted by molar-refractivity contribution is 5.90. The van der Waals surface area contributed by atoms with Crippen LogP contribution in [0.2, 0.25) is 0 Å². The van der Waals surface area contributed by atoms with E-state index in [1.54, 1.807) is 12.1 Å². The van der Waals surface area contributed by atoms with Gasteiger partial charge >= 0.3 is 0 Å². The Morgan fingerprint density at radius 3 is 3.06 bits per heavy atom. The average molecular weight is 236 g/mol. The van der Waals surface area contributed by atoms with Gasteiger partial charge in [-0.1, -0.05) is 0 Å². The van der Waals surface area contributed by atoms with Crippen molar-refractivity contribution in [2.45, 2.75) is 26.4 Å². The molecule has 0 saturated heterocycles. The topological polar surface area (TPSA) is 77.2 Å². The van der Waals surface area contributed by atoms with E-state index in [-0.39, 0.29) is 11.8 Å². The molecule has 1 heterocycles. The van der Waals surface area contributed by atoms with Gasteiger partial charge in [-0.3, -0.25) is 4.79 Å². The van der Waals surface area contributed by atoms with E-state index in [9.17, 15) is 4.79 Å². The molecule has 5 nitrogen and oxygen atoms in total. The highest BCUT2D eigenvalue weighted by Crippen LogP contribution is 2.03. The fourth-order valence-electron chi connectivity index (χ4n) is 1.22. The van der Waals surface area contributed by atoms with Gasteiger partial charge in [0.15, 0.2) is 0 Å². The Balaban J connectivity index is 2.31. The number of carbonyl (C=O) groups excluding carboxylic acids is 1. The molecule has 0 aliphatic carbocycles. The number of amides is 1. The van der Waals surface area contributed by atoms with E-state index < -0.39 is 5.91 Å². The number of nitrogens with zero attached hydrogens (tertiary/aromatic N) is 1. The van der Waals surface area contributed by atoms with Crippen LogP contribution in [-0.2, 0) is 4.74 Å². The maximum atomic E-state index is 10.9. The van der Waals surface area contributed by atoms with Crippen molar-refractivity contribution in [3.8, 4) is 0 Å². The molecule has 1 amide bonds. The number of primary amides is 1. The fraction of sp³-hybridized carbons (Fsp3) is 0.500. The summed E-state index contributed by atoms with van der Waals surface area (Å²) in [6.45, 7) is 5.44. The average Bonchev–Trinajstić information content (AvgIpc) is 2.28. The largest absolute Gasteiger partial charge is 0.379 e. The number of pyridine rings is 1. The number of aromatic nitrogens is 1. The first-order chi connectivity index (χ1) is 8.09. The Morgan fingerprint density at radius 2 is 2.41 bits per heavy atom. The molecule has 1 aromatic heterocycles. The number of nitrogens with one attached hydrogen (secondary N) is 1. The lowest BCUT2D eigenvalue weighted by Crippen LogP contribution is -2.15. The molecule has 0 aliphatic rings. The Kier molecular flexibility index (Phi) is 5.42. The number of ether oxygens (including phenoxy) is 1. The predicted octanol–water partition coefficient (Wildman–Crippen LogP) is 1.21. The Bertz CT molecular complexity index is 367. The number of rotatable bonds is 7. The van der Waals surface area contributed by atoms with Crippen molar-refractivity contribution in [1.82, 2.24) is 4.98 Å². The van der Waals surface area contributed by atoms with Crippen molar-refractivity contribution >= 4 is 11.7 Å². The van der Waals surface area contributed by atoms with E-state index in [0.717, 1.165) is 13.0 Å². The molecule has 0 aromatic carbocycles. The van der Waals surface area contributed by atoms with Gasteiger partial charge in [-0.15, -0.1) is 0 Å². The van der Waals surface area contributed by atoms with E-state index >= 15 is 0 Å². The summed E-state index contributed by atoms with van der Waals surface area (Å²) >= 11 is 0. The van der Waals surface area contributed by atoms with Gasteiger partial charge in [-0.2, -0.15) is 0 Å². The number of hydrogen-bond acceptors (Lipinski definition) is 4. The molecule has 1 radical (unpaired) electrons. The van der Waals surface area contributed by atoms with Crippen LogP contribution in [0.15, 0.2) is 12.1 Å². The molecule has 5 heteroatoms. The Hall–Kier alpha value is -1.62. The third-order valence-electron chi connectivity index (χ3n) is 2.01. The van der Waals surface area contributed by atoms with Crippen LogP contribution in [0, 0.1) is 6.07 Å². The molecule has 17 heavy (non-hydrogen) atoms. The van der Waals surface area contributed by atoms with Gasteiger partial charge in [0.25, 0.3) is 5.91 Å². The van der Waals surface area contributed by atoms with Gasteiger partial charge in [0, 0.05) is 19.2 Å². The van der Waals surface area contributed by atoms with Crippen LogP contribution in [0.1, 0.15) is 30.8 Å². The minimum Gasteiger partial charge on any atom is -0.379 e. The number of nitrogens with two attached hydrogens (primary N) is 1. The summed E-state index contributed by atoms with van der Waals surface area (Å²) in [5.74, 6) is 0.0545. The van der Waals surface area contributed by atoms with Crippen molar-refractivity contribution in [3.63, 3.8) is 0 Å². The molecular formula is C12H18N3O2. The molecule has 1 aromatic rings. The highest BCUT2D eigenvalue weighted by atomic mass is 16.5. The third kappa shape index (κ3) is 5.31. The summed E-state index contributed by atoms with van der Waals surface area (Å²) in [6.07, 6.45) is 1.13. The van der Waals surface area contributed by atoms with Crippen molar-refractivity contribution in [1.29, 1.82) is 0 Å². The van der Waals surface area contributed by atoms with E-state index in [0.29, 0.717) is 12.4 Å². The van der Waals surface area contributed by atoms with Gasteiger partial charge < -0.3 is 15.8 Å². The van der Waals surface area contributed by atoms with Crippen molar-refractivity contribution in [3.05, 3.63) is 23.9 Å². The number of hydrogen-bond donors (Lipinski definition) is 2.